The lowest BCUT2D eigenvalue weighted by molar-refractivity contribution is 0.0939. The molecule has 0 spiro atoms. The van der Waals surface area contributed by atoms with Crippen LogP contribution in [0.4, 0.5) is 11.4 Å². The van der Waals surface area contributed by atoms with Gasteiger partial charge in [0.15, 0.2) is 0 Å². The number of carbonyl (C=O) groups is 1. The first-order valence-electron chi connectivity index (χ1n) is 10.4. The third-order valence-corrected chi connectivity index (χ3v) is 7.18. The summed E-state index contributed by atoms with van der Waals surface area (Å²) in [5.41, 5.74) is 2.36. The van der Waals surface area contributed by atoms with E-state index in [1.165, 1.54) is 12.1 Å². The van der Waals surface area contributed by atoms with Crippen molar-refractivity contribution in [1.82, 2.24) is 10.6 Å². The number of anilines is 2. The minimum Gasteiger partial charge on any atom is -0.368 e. The van der Waals surface area contributed by atoms with E-state index in [1.54, 1.807) is 24.3 Å². The van der Waals surface area contributed by atoms with Crippen LogP contribution in [0.25, 0.3) is 0 Å². The largest absolute Gasteiger partial charge is 0.368 e. The molecule has 1 heterocycles. The molecule has 0 bridgehead atoms. The Hall–Kier alpha value is -2.29. The van der Waals surface area contributed by atoms with E-state index in [-0.39, 0.29) is 16.8 Å². The number of aryl methyl sites for hydroxylation is 1. The van der Waals surface area contributed by atoms with Crippen LogP contribution in [0, 0.1) is 6.92 Å². The number of nitrogens with one attached hydrogen (secondary N) is 3. The fourth-order valence-corrected chi connectivity index (χ4v) is 4.64. The molecule has 1 saturated heterocycles. The highest BCUT2D eigenvalue weighted by atomic mass is 35.5. The summed E-state index contributed by atoms with van der Waals surface area (Å²) in [6, 6.07) is 9.69. The quantitative estimate of drug-likeness (QED) is 0.584. The van der Waals surface area contributed by atoms with Gasteiger partial charge in [0.2, 0.25) is 0 Å². The molecule has 0 radical (unpaired) electrons. The Morgan fingerprint density at radius 3 is 2.55 bits per heavy atom. The van der Waals surface area contributed by atoms with Crippen molar-refractivity contribution in [3.63, 3.8) is 0 Å². The summed E-state index contributed by atoms with van der Waals surface area (Å²) in [5.74, 6) is -0.220. The number of benzene rings is 2. The fraction of sp³-hybridized carbons (Fsp3) is 0.409. The predicted molar refractivity (Wildman–Crippen MR) is 126 cm³/mol. The van der Waals surface area contributed by atoms with Gasteiger partial charge in [0, 0.05) is 48.6 Å². The van der Waals surface area contributed by atoms with Gasteiger partial charge in [0.05, 0.1) is 10.5 Å². The van der Waals surface area contributed by atoms with E-state index in [1.807, 2.05) is 20.8 Å². The van der Waals surface area contributed by atoms with Gasteiger partial charge in [-0.3, -0.25) is 9.52 Å². The Labute approximate surface area is 189 Å². The van der Waals surface area contributed by atoms with E-state index in [0.29, 0.717) is 16.3 Å². The molecule has 2 aromatic carbocycles. The number of rotatable bonds is 7. The Kier molecular flexibility index (Phi) is 7.46. The van der Waals surface area contributed by atoms with Crippen LogP contribution in [-0.4, -0.2) is 46.5 Å². The van der Waals surface area contributed by atoms with Gasteiger partial charge in [-0.25, -0.2) is 8.42 Å². The maximum Gasteiger partial charge on any atom is 0.261 e. The van der Waals surface area contributed by atoms with E-state index >= 15 is 0 Å². The monoisotopic (exact) mass is 464 g/mol. The Morgan fingerprint density at radius 2 is 1.90 bits per heavy atom. The van der Waals surface area contributed by atoms with Crippen LogP contribution in [0.1, 0.15) is 36.2 Å². The van der Waals surface area contributed by atoms with Crippen LogP contribution in [0.3, 0.4) is 0 Å². The molecular formula is C22H29ClN4O3S. The topological polar surface area (TPSA) is 90.5 Å². The predicted octanol–water partition coefficient (Wildman–Crippen LogP) is 3.39. The van der Waals surface area contributed by atoms with Crippen molar-refractivity contribution in [2.75, 3.05) is 35.8 Å². The van der Waals surface area contributed by atoms with Crippen molar-refractivity contribution in [3.8, 4) is 0 Å². The summed E-state index contributed by atoms with van der Waals surface area (Å²) < 4.78 is 28.3. The highest BCUT2D eigenvalue weighted by Gasteiger charge is 2.22. The second-order valence-corrected chi connectivity index (χ2v) is 9.86. The smallest absolute Gasteiger partial charge is 0.261 e. The number of piperazine rings is 1. The zero-order valence-corrected chi connectivity index (χ0v) is 19.6. The van der Waals surface area contributed by atoms with Crippen molar-refractivity contribution in [3.05, 3.63) is 52.5 Å². The summed E-state index contributed by atoms with van der Waals surface area (Å²) in [6.07, 6.45) is 0.801. The Morgan fingerprint density at radius 1 is 1.19 bits per heavy atom. The van der Waals surface area contributed by atoms with Crippen molar-refractivity contribution in [2.24, 2.45) is 0 Å². The van der Waals surface area contributed by atoms with Crippen LogP contribution in [0.2, 0.25) is 5.02 Å². The molecule has 1 aliphatic heterocycles. The number of sulfonamides is 1. The molecule has 1 unspecified atom stereocenters. The highest BCUT2D eigenvalue weighted by molar-refractivity contribution is 7.92. The van der Waals surface area contributed by atoms with Gasteiger partial charge in [-0.15, -0.1) is 0 Å². The van der Waals surface area contributed by atoms with Gasteiger partial charge in [0.25, 0.3) is 15.9 Å². The summed E-state index contributed by atoms with van der Waals surface area (Å²) in [6.45, 7) is 8.95. The molecule has 0 aromatic heterocycles. The van der Waals surface area contributed by atoms with E-state index in [0.717, 1.165) is 43.9 Å². The molecule has 0 aliphatic carbocycles. The minimum absolute atomic E-state index is 0.0124. The summed E-state index contributed by atoms with van der Waals surface area (Å²) in [5, 5.41) is 6.66. The number of nitrogens with zero attached hydrogens (tertiary/aromatic N) is 1. The number of amides is 1. The second-order valence-electron chi connectivity index (χ2n) is 7.77. The normalized spacial score (nSPS) is 15.4. The molecule has 1 amide bonds. The van der Waals surface area contributed by atoms with E-state index < -0.39 is 10.0 Å². The number of hydrogen-bond acceptors (Lipinski definition) is 5. The molecular weight excluding hydrogens is 436 g/mol. The van der Waals surface area contributed by atoms with E-state index in [9.17, 15) is 13.2 Å². The molecule has 0 saturated carbocycles. The average Bonchev–Trinajstić information content (AvgIpc) is 2.75. The standard InChI is InChI=1S/C22H29ClN4O3S/c1-4-16(3)25-22(28)19-13-17(6-8-21(19)27-11-9-24-10-12-27)26-31(29,30)18-7-5-15(2)20(23)14-18/h5-8,13-14,16,24,26H,4,9-12H2,1-3H3,(H,25,28). The molecule has 1 atom stereocenters. The van der Waals surface area contributed by atoms with Crippen molar-refractivity contribution < 1.29 is 13.2 Å². The third-order valence-electron chi connectivity index (χ3n) is 5.39. The lowest BCUT2D eigenvalue weighted by Crippen LogP contribution is -2.44. The molecule has 7 nitrogen and oxygen atoms in total. The molecule has 3 rings (SSSR count). The van der Waals surface area contributed by atoms with Gasteiger partial charge in [-0.05, 0) is 56.2 Å². The van der Waals surface area contributed by atoms with Crippen LogP contribution in [0.15, 0.2) is 41.3 Å². The van der Waals surface area contributed by atoms with Gasteiger partial charge < -0.3 is 15.5 Å². The third kappa shape index (κ3) is 5.70. The first-order chi connectivity index (χ1) is 14.7. The van der Waals surface area contributed by atoms with Crippen LogP contribution < -0.4 is 20.3 Å². The summed E-state index contributed by atoms with van der Waals surface area (Å²) in [4.78, 5) is 15.2. The lowest BCUT2D eigenvalue weighted by atomic mass is 10.1. The second kappa shape index (κ2) is 9.89. The van der Waals surface area contributed by atoms with Crippen LogP contribution >= 0.6 is 11.6 Å². The van der Waals surface area contributed by atoms with Crippen LogP contribution in [0.5, 0.6) is 0 Å². The van der Waals surface area contributed by atoms with Gasteiger partial charge in [0.1, 0.15) is 0 Å². The molecule has 1 aliphatic rings. The minimum atomic E-state index is -3.85. The first kappa shape index (κ1) is 23.4. The van der Waals surface area contributed by atoms with Gasteiger partial charge in [-0.1, -0.05) is 24.6 Å². The molecule has 9 heteroatoms. The average molecular weight is 465 g/mol. The SMILES string of the molecule is CCC(C)NC(=O)c1cc(NS(=O)(=O)c2ccc(C)c(Cl)c2)ccc1N1CCNCC1. The molecule has 3 N–H and O–H groups in total. The first-order valence-corrected chi connectivity index (χ1v) is 12.3. The van der Waals surface area contributed by atoms with Crippen LogP contribution in [-0.2, 0) is 10.0 Å². The fourth-order valence-electron chi connectivity index (χ4n) is 3.32. The molecule has 168 valence electrons. The van der Waals surface area contributed by atoms with E-state index in [2.05, 4.69) is 20.3 Å². The maximum atomic E-state index is 13.0. The van der Waals surface area contributed by atoms with Gasteiger partial charge in [-0.2, -0.15) is 0 Å². The zero-order valence-electron chi connectivity index (χ0n) is 18.0. The highest BCUT2D eigenvalue weighted by Crippen LogP contribution is 2.27. The number of halogens is 1. The maximum absolute atomic E-state index is 13.0. The zero-order chi connectivity index (χ0) is 22.6. The van der Waals surface area contributed by atoms with Crippen molar-refractivity contribution in [1.29, 1.82) is 0 Å². The molecule has 1 fully saturated rings. The number of carbonyl (C=O) groups excluding carboxylic acids is 1. The summed E-state index contributed by atoms with van der Waals surface area (Å²) >= 11 is 6.10. The van der Waals surface area contributed by atoms with E-state index in [4.69, 9.17) is 11.6 Å². The lowest BCUT2D eigenvalue weighted by Gasteiger charge is -2.31. The molecule has 2 aromatic rings. The Balaban J connectivity index is 1.94. The van der Waals surface area contributed by atoms with Crippen molar-refractivity contribution in [2.45, 2.75) is 38.1 Å². The molecule has 31 heavy (non-hydrogen) atoms. The van der Waals surface area contributed by atoms with Crippen molar-refractivity contribution >= 4 is 38.9 Å². The summed E-state index contributed by atoms with van der Waals surface area (Å²) in [7, 11) is -3.85. The van der Waals surface area contributed by atoms with Gasteiger partial charge >= 0.3 is 0 Å². The Bertz CT molecular complexity index is 1050. The number of hydrogen-bond donors (Lipinski definition) is 3.